The number of hydrogen-bond acceptors (Lipinski definition) is 8. The Labute approximate surface area is 233 Å². The quantitative estimate of drug-likeness (QED) is 0.237. The maximum Gasteiger partial charge on any atom is 0.247 e. The van der Waals surface area contributed by atoms with Crippen molar-refractivity contribution in [3.63, 3.8) is 0 Å². The number of nitrogen functional groups attached to an aromatic ring is 1. The normalized spacial score (nSPS) is 16.9. The zero-order valence-corrected chi connectivity index (χ0v) is 22.0. The van der Waals surface area contributed by atoms with E-state index in [-0.39, 0.29) is 40.1 Å². The summed E-state index contributed by atoms with van der Waals surface area (Å²) in [5, 5.41) is 19.4. The Hall–Kier alpha value is -4.44. The van der Waals surface area contributed by atoms with E-state index >= 15 is 0 Å². The molecule has 2 aliphatic rings. The Morgan fingerprint density at radius 3 is 2.33 bits per heavy atom. The molecule has 2 aromatic carbocycles. The molecule has 1 saturated carbocycles. The summed E-state index contributed by atoms with van der Waals surface area (Å²) < 4.78 is 0. The lowest BCUT2D eigenvalue weighted by atomic mass is 10.0. The van der Waals surface area contributed by atoms with Crippen molar-refractivity contribution in [1.29, 1.82) is 10.5 Å². The van der Waals surface area contributed by atoms with Gasteiger partial charge in [0.1, 0.15) is 23.0 Å². The summed E-state index contributed by atoms with van der Waals surface area (Å²) >= 11 is 6.90. The molecule has 8 nitrogen and oxygen atoms in total. The average Bonchev–Trinajstić information content (AvgIpc) is 3.73. The van der Waals surface area contributed by atoms with Gasteiger partial charge in [-0.15, -0.1) is 0 Å². The lowest BCUT2D eigenvalue weighted by Crippen LogP contribution is -2.31. The van der Waals surface area contributed by atoms with Crippen molar-refractivity contribution in [1.82, 2.24) is 4.98 Å². The molecule has 2 fully saturated rings. The summed E-state index contributed by atoms with van der Waals surface area (Å²) in [6.07, 6.45) is 4.73. The van der Waals surface area contributed by atoms with Gasteiger partial charge in [0.15, 0.2) is 5.78 Å². The van der Waals surface area contributed by atoms with Crippen LogP contribution < -0.4 is 10.6 Å². The molecular formula is C29H20ClN5O3S. The second kappa shape index (κ2) is 10.7. The fraction of sp³-hybridized carbons (Fsp3) is 0.172. The van der Waals surface area contributed by atoms with Crippen LogP contribution in [0.4, 0.5) is 11.5 Å². The van der Waals surface area contributed by atoms with Gasteiger partial charge in [-0.05, 0) is 72.4 Å². The second-order valence-electron chi connectivity index (χ2n) is 9.14. The number of carbonyl (C=O) groups is 3. The van der Waals surface area contributed by atoms with Crippen molar-refractivity contribution in [2.24, 2.45) is 0 Å². The van der Waals surface area contributed by atoms with Gasteiger partial charge < -0.3 is 5.73 Å². The van der Waals surface area contributed by atoms with E-state index in [1.807, 2.05) is 6.07 Å². The average molecular weight is 554 g/mol. The number of aromatic nitrogens is 1. The number of carbonyl (C=O) groups excluding carboxylic acids is 3. The van der Waals surface area contributed by atoms with Crippen LogP contribution in [0.15, 0.2) is 59.6 Å². The molecule has 0 bridgehead atoms. The molecule has 5 rings (SSSR count). The van der Waals surface area contributed by atoms with Crippen LogP contribution in [0.5, 0.6) is 0 Å². The fourth-order valence-electron chi connectivity index (χ4n) is 4.41. The number of nitrogens with zero attached hydrogens (tertiary/aromatic N) is 4. The molecular weight excluding hydrogens is 534 g/mol. The van der Waals surface area contributed by atoms with Crippen LogP contribution in [0.3, 0.4) is 0 Å². The van der Waals surface area contributed by atoms with Gasteiger partial charge in [-0.3, -0.25) is 14.4 Å². The highest BCUT2D eigenvalue weighted by Gasteiger charge is 2.42. The monoisotopic (exact) mass is 553 g/mol. The Bertz CT molecular complexity index is 1620. The molecule has 1 saturated heterocycles. The van der Waals surface area contributed by atoms with Gasteiger partial charge in [-0.2, -0.15) is 10.5 Å². The molecule has 1 atom stereocenters. The lowest BCUT2D eigenvalue weighted by molar-refractivity contribution is -0.121. The van der Waals surface area contributed by atoms with Crippen molar-refractivity contribution in [3.8, 4) is 12.1 Å². The number of thioether (sulfide) groups is 1. The first kappa shape index (κ1) is 26.2. The van der Waals surface area contributed by atoms with Crippen LogP contribution in [0.2, 0.25) is 5.02 Å². The number of ketones is 1. The molecule has 39 heavy (non-hydrogen) atoms. The van der Waals surface area contributed by atoms with Crippen LogP contribution in [0, 0.1) is 22.7 Å². The van der Waals surface area contributed by atoms with E-state index in [4.69, 9.17) is 17.3 Å². The summed E-state index contributed by atoms with van der Waals surface area (Å²) in [7, 11) is 0. The van der Waals surface area contributed by atoms with Crippen molar-refractivity contribution < 1.29 is 14.4 Å². The van der Waals surface area contributed by atoms with E-state index in [9.17, 15) is 24.9 Å². The van der Waals surface area contributed by atoms with Gasteiger partial charge in [0.25, 0.3) is 0 Å². The smallest absolute Gasteiger partial charge is 0.247 e. The third-order valence-corrected chi connectivity index (χ3v) is 7.93. The molecule has 1 aromatic heterocycles. The van der Waals surface area contributed by atoms with Crippen molar-refractivity contribution in [3.05, 3.63) is 87.4 Å². The van der Waals surface area contributed by atoms with Crippen molar-refractivity contribution >= 4 is 58.5 Å². The Morgan fingerprint density at radius 2 is 1.72 bits per heavy atom. The van der Waals surface area contributed by atoms with Gasteiger partial charge >= 0.3 is 0 Å². The summed E-state index contributed by atoms with van der Waals surface area (Å²) in [5.74, 6) is -1.00. The van der Waals surface area contributed by atoms with Crippen LogP contribution >= 0.6 is 23.4 Å². The molecule has 10 heteroatoms. The summed E-state index contributed by atoms with van der Waals surface area (Å²) in [5.41, 5.74) is 8.60. The van der Waals surface area contributed by atoms with E-state index < -0.39 is 17.1 Å². The van der Waals surface area contributed by atoms with Crippen molar-refractivity contribution in [2.75, 3.05) is 10.6 Å². The SMILES string of the molecule is N#Cc1c(N)nc(S[C@H]2CC(=O)N(c3ccc(C(=O)/C=C/c4ccc(Cl)cc4)cc3)C2=O)c(C#N)c1C1CC1. The van der Waals surface area contributed by atoms with Crippen LogP contribution in [-0.2, 0) is 9.59 Å². The summed E-state index contributed by atoms with van der Waals surface area (Å²) in [6.45, 7) is 0. The van der Waals surface area contributed by atoms with E-state index in [1.165, 1.54) is 6.08 Å². The first-order chi connectivity index (χ1) is 18.8. The van der Waals surface area contributed by atoms with E-state index in [1.54, 1.807) is 54.6 Å². The maximum atomic E-state index is 13.3. The number of pyridine rings is 1. The highest BCUT2D eigenvalue weighted by atomic mass is 35.5. The maximum absolute atomic E-state index is 13.3. The highest BCUT2D eigenvalue weighted by molar-refractivity contribution is 8.00. The zero-order chi connectivity index (χ0) is 27.7. The third kappa shape index (κ3) is 5.28. The predicted octanol–water partition coefficient (Wildman–Crippen LogP) is 5.26. The Kier molecular flexibility index (Phi) is 7.21. The first-order valence-electron chi connectivity index (χ1n) is 12.1. The summed E-state index contributed by atoms with van der Waals surface area (Å²) in [6, 6.07) is 17.4. The second-order valence-corrected chi connectivity index (χ2v) is 10.8. The molecule has 192 valence electrons. The number of nitriles is 2. The number of anilines is 2. The summed E-state index contributed by atoms with van der Waals surface area (Å²) in [4.78, 5) is 44.0. The Balaban J connectivity index is 1.33. The lowest BCUT2D eigenvalue weighted by Gasteiger charge is -2.16. The minimum absolute atomic E-state index is 0.0138. The number of amides is 2. The van der Waals surface area contributed by atoms with Gasteiger partial charge in [0, 0.05) is 17.0 Å². The Morgan fingerprint density at radius 1 is 1.05 bits per heavy atom. The standard InChI is InChI=1S/C29H20ClN5O3S/c30-19-8-1-16(2-9-19)3-12-23(36)17-6-10-20(11-7-17)35-25(37)13-24(29(35)38)39-28-22(15-32)26(18-4-5-18)21(14-31)27(33)34-28/h1-3,6-12,18,24H,4-5,13H2,(H2,33,34)/b12-3+/t24-/m0/s1. The van der Waals surface area contributed by atoms with Gasteiger partial charge in [0.2, 0.25) is 11.8 Å². The third-order valence-electron chi connectivity index (χ3n) is 6.51. The largest absolute Gasteiger partial charge is 0.383 e. The molecule has 2 N–H and O–H groups in total. The van der Waals surface area contributed by atoms with Crippen molar-refractivity contribution in [2.45, 2.75) is 35.5 Å². The molecule has 0 unspecified atom stereocenters. The molecule has 2 heterocycles. The minimum Gasteiger partial charge on any atom is -0.383 e. The predicted molar refractivity (Wildman–Crippen MR) is 148 cm³/mol. The van der Waals surface area contributed by atoms with E-state index in [2.05, 4.69) is 11.1 Å². The highest BCUT2D eigenvalue weighted by Crippen LogP contribution is 2.47. The number of hydrogen-bond donors (Lipinski definition) is 1. The topological polar surface area (TPSA) is 141 Å². The zero-order valence-electron chi connectivity index (χ0n) is 20.4. The molecule has 2 amide bonds. The van der Waals surface area contributed by atoms with E-state index in [0.717, 1.165) is 35.1 Å². The first-order valence-corrected chi connectivity index (χ1v) is 13.3. The van der Waals surface area contributed by atoms with E-state index in [0.29, 0.717) is 21.8 Å². The number of nitrogens with two attached hydrogens (primary N) is 1. The van der Waals surface area contributed by atoms with Crippen LogP contribution in [0.1, 0.15) is 57.8 Å². The number of rotatable bonds is 7. The number of allylic oxidation sites excluding steroid dienone is 1. The minimum atomic E-state index is -0.805. The van der Waals surface area contributed by atoms with Gasteiger partial charge in [0.05, 0.1) is 22.1 Å². The number of halogens is 1. The number of benzene rings is 2. The molecule has 1 aliphatic heterocycles. The van der Waals surface area contributed by atoms with Gasteiger partial charge in [-0.1, -0.05) is 41.6 Å². The van der Waals surface area contributed by atoms with Gasteiger partial charge in [-0.25, -0.2) is 9.88 Å². The number of imide groups is 1. The fourth-order valence-corrected chi connectivity index (χ4v) is 5.66. The van der Waals surface area contributed by atoms with Crippen LogP contribution in [0.25, 0.3) is 6.08 Å². The molecule has 1 aliphatic carbocycles. The van der Waals surface area contributed by atoms with Crippen LogP contribution in [-0.4, -0.2) is 27.8 Å². The molecule has 0 spiro atoms. The molecule has 0 radical (unpaired) electrons. The molecule has 3 aromatic rings.